The first-order valence-electron chi connectivity index (χ1n) is 12.3. The van der Waals surface area contributed by atoms with Gasteiger partial charge in [-0.25, -0.2) is 40.9 Å². The number of piperazine rings is 1. The lowest BCUT2D eigenvalue weighted by molar-refractivity contribution is -0.126. The average molecular weight is 585 g/mol. The van der Waals surface area contributed by atoms with Crippen molar-refractivity contribution in [1.82, 2.24) is 24.4 Å². The lowest BCUT2D eigenvalue weighted by atomic mass is 10.1. The smallest absolute Gasteiger partial charge is 0.350 e. The monoisotopic (exact) mass is 584 g/mol. The fraction of sp³-hybridized carbons (Fsp3) is 0.222. The van der Waals surface area contributed by atoms with Gasteiger partial charge in [-0.3, -0.25) is 4.79 Å². The van der Waals surface area contributed by atoms with E-state index in [4.69, 9.17) is 0 Å². The summed E-state index contributed by atoms with van der Waals surface area (Å²) in [6.45, 7) is 5.97. The Morgan fingerprint density at radius 3 is 2.41 bits per heavy atom. The van der Waals surface area contributed by atoms with E-state index in [2.05, 4.69) is 21.5 Å². The van der Waals surface area contributed by atoms with E-state index in [0.29, 0.717) is 0 Å². The Hall–Kier alpha value is -4.59. The van der Waals surface area contributed by atoms with Crippen LogP contribution in [0.25, 0.3) is 28.0 Å². The van der Waals surface area contributed by atoms with Crippen LogP contribution in [-0.2, 0) is 14.6 Å². The molecular formula is C27H23F3N6O4S. The van der Waals surface area contributed by atoms with E-state index in [9.17, 15) is 26.8 Å². The zero-order valence-electron chi connectivity index (χ0n) is 21.9. The summed E-state index contributed by atoms with van der Waals surface area (Å²) in [5.41, 5.74) is -2.99. The summed E-state index contributed by atoms with van der Waals surface area (Å²) in [6, 6.07) is 6.21. The molecule has 0 N–H and O–H groups in total. The minimum absolute atomic E-state index is 0.0104. The highest BCUT2D eigenvalue weighted by Gasteiger charge is 2.31. The highest BCUT2D eigenvalue weighted by Crippen LogP contribution is 2.33. The summed E-state index contributed by atoms with van der Waals surface area (Å²) in [6.07, 6.45) is 3.30. The first-order chi connectivity index (χ1) is 19.4. The van der Waals surface area contributed by atoms with Gasteiger partial charge in [-0.1, -0.05) is 12.6 Å². The molecule has 41 heavy (non-hydrogen) atoms. The maximum Gasteiger partial charge on any atom is 0.355 e. The number of rotatable bonds is 5. The van der Waals surface area contributed by atoms with Gasteiger partial charge in [0.05, 0.1) is 16.6 Å². The number of benzene rings is 1. The number of hydrogen-bond donors (Lipinski definition) is 0. The maximum absolute atomic E-state index is 15.6. The molecule has 212 valence electrons. The number of hydrogen-bond acceptors (Lipinski definition) is 8. The molecule has 3 aromatic heterocycles. The zero-order valence-corrected chi connectivity index (χ0v) is 22.7. The van der Waals surface area contributed by atoms with Crippen LogP contribution in [0, 0.1) is 17.5 Å². The molecule has 10 nitrogen and oxygen atoms in total. The van der Waals surface area contributed by atoms with Gasteiger partial charge in [0.1, 0.15) is 23.1 Å². The molecule has 1 fully saturated rings. The molecule has 0 bridgehead atoms. The number of aromatic nitrogens is 4. The molecule has 0 unspecified atom stereocenters. The van der Waals surface area contributed by atoms with E-state index in [-0.39, 0.29) is 48.1 Å². The molecule has 0 spiro atoms. The summed E-state index contributed by atoms with van der Waals surface area (Å²) in [5, 5.41) is -0.506. The topological polar surface area (TPSA) is 118 Å². The van der Waals surface area contributed by atoms with Gasteiger partial charge >= 0.3 is 5.69 Å². The van der Waals surface area contributed by atoms with Crippen molar-refractivity contribution in [2.45, 2.75) is 18.0 Å². The van der Waals surface area contributed by atoms with Crippen LogP contribution in [0.1, 0.15) is 6.92 Å². The Morgan fingerprint density at radius 1 is 1.07 bits per heavy atom. The van der Waals surface area contributed by atoms with Crippen molar-refractivity contribution in [2.75, 3.05) is 30.8 Å². The van der Waals surface area contributed by atoms with Crippen LogP contribution in [0.3, 0.4) is 0 Å². The number of amides is 1. The van der Waals surface area contributed by atoms with E-state index in [1.54, 1.807) is 16.7 Å². The SMILES string of the molecule is C=CC(=O)N1CCN(c2nc(=O)n(-c3cccnc3S(C)(=O)=O)c3nc(-c4c(F)cccc4F)c(F)cc23)[C@@H](C)C1. The second kappa shape index (κ2) is 10.4. The second-order valence-corrected chi connectivity index (χ2v) is 11.4. The number of halogens is 3. The van der Waals surface area contributed by atoms with E-state index < -0.39 is 55.3 Å². The Bertz CT molecular complexity index is 1880. The largest absolute Gasteiger partial charge is 0.355 e. The molecule has 1 saturated heterocycles. The molecule has 1 atom stereocenters. The fourth-order valence-corrected chi connectivity index (χ4v) is 5.67. The van der Waals surface area contributed by atoms with Crippen molar-refractivity contribution in [1.29, 1.82) is 0 Å². The van der Waals surface area contributed by atoms with Crippen molar-refractivity contribution < 1.29 is 26.4 Å². The van der Waals surface area contributed by atoms with Crippen molar-refractivity contribution >= 4 is 32.6 Å². The average Bonchev–Trinajstić information content (AvgIpc) is 2.92. The molecule has 1 amide bonds. The van der Waals surface area contributed by atoms with Crippen LogP contribution in [0.2, 0.25) is 0 Å². The van der Waals surface area contributed by atoms with Crippen LogP contribution >= 0.6 is 0 Å². The number of carbonyl (C=O) groups is 1. The van der Waals surface area contributed by atoms with Crippen LogP contribution in [0.5, 0.6) is 0 Å². The predicted octanol–water partition coefficient (Wildman–Crippen LogP) is 2.89. The van der Waals surface area contributed by atoms with Gasteiger partial charge in [-0.15, -0.1) is 0 Å². The minimum Gasteiger partial charge on any atom is -0.350 e. The third kappa shape index (κ3) is 4.94. The molecule has 0 aliphatic carbocycles. The van der Waals surface area contributed by atoms with Crippen molar-refractivity contribution in [3.05, 3.63) is 83.2 Å². The lowest BCUT2D eigenvalue weighted by Gasteiger charge is -2.40. The molecule has 4 heterocycles. The van der Waals surface area contributed by atoms with Crippen molar-refractivity contribution in [3.63, 3.8) is 0 Å². The maximum atomic E-state index is 15.6. The summed E-state index contributed by atoms with van der Waals surface area (Å²) >= 11 is 0. The summed E-state index contributed by atoms with van der Waals surface area (Å²) in [5.74, 6) is -3.55. The molecular weight excluding hydrogens is 561 g/mol. The van der Waals surface area contributed by atoms with Gasteiger partial charge in [-0.05, 0) is 43.3 Å². The highest BCUT2D eigenvalue weighted by atomic mass is 32.2. The van der Waals surface area contributed by atoms with Crippen molar-refractivity contribution in [2.24, 2.45) is 0 Å². The van der Waals surface area contributed by atoms with Gasteiger partial charge < -0.3 is 9.80 Å². The van der Waals surface area contributed by atoms with Crippen LogP contribution in [0.15, 0.2) is 65.1 Å². The number of sulfone groups is 1. The number of carbonyl (C=O) groups excluding carboxylic acids is 1. The van der Waals surface area contributed by atoms with E-state index >= 15 is 4.39 Å². The third-order valence-corrected chi connectivity index (χ3v) is 7.75. The molecule has 14 heteroatoms. The van der Waals surface area contributed by atoms with Gasteiger partial charge in [-0.2, -0.15) is 4.98 Å². The quantitative estimate of drug-likeness (QED) is 0.329. The first-order valence-corrected chi connectivity index (χ1v) is 14.2. The first kappa shape index (κ1) is 28.0. The van der Waals surface area contributed by atoms with Gasteiger partial charge in [0.2, 0.25) is 5.91 Å². The predicted molar refractivity (Wildman–Crippen MR) is 145 cm³/mol. The van der Waals surface area contributed by atoms with Gasteiger partial charge in [0.25, 0.3) is 0 Å². The molecule has 5 rings (SSSR count). The Labute approximate surface area is 232 Å². The Balaban J connectivity index is 1.83. The Morgan fingerprint density at radius 2 is 1.78 bits per heavy atom. The molecule has 4 aromatic rings. The number of pyridine rings is 2. The summed E-state index contributed by atoms with van der Waals surface area (Å²) in [4.78, 5) is 41.3. The summed E-state index contributed by atoms with van der Waals surface area (Å²) < 4.78 is 71.0. The Kier molecular flexibility index (Phi) is 7.11. The molecule has 1 aromatic carbocycles. The molecule has 0 saturated carbocycles. The zero-order chi connectivity index (χ0) is 29.6. The second-order valence-electron chi connectivity index (χ2n) is 9.47. The minimum atomic E-state index is -3.98. The fourth-order valence-electron chi connectivity index (χ4n) is 4.88. The molecule has 0 radical (unpaired) electrons. The number of nitrogens with zero attached hydrogens (tertiary/aromatic N) is 6. The lowest BCUT2D eigenvalue weighted by Crippen LogP contribution is -2.54. The van der Waals surface area contributed by atoms with E-state index in [0.717, 1.165) is 35.1 Å². The summed E-state index contributed by atoms with van der Waals surface area (Å²) in [7, 11) is -3.98. The van der Waals surface area contributed by atoms with E-state index in [1.807, 2.05) is 0 Å². The van der Waals surface area contributed by atoms with Crippen molar-refractivity contribution in [3.8, 4) is 16.9 Å². The highest BCUT2D eigenvalue weighted by molar-refractivity contribution is 7.90. The normalized spacial score (nSPS) is 15.8. The number of fused-ring (bicyclic) bond motifs is 1. The molecule has 1 aliphatic rings. The van der Waals surface area contributed by atoms with Gasteiger partial charge in [0, 0.05) is 38.1 Å². The standard InChI is InChI=1S/C27H23F3N6O4S/c1-4-21(37)34-11-12-35(15(2)14-34)24-16-13-19(30)23(22-17(28)7-5-8-18(22)29)32-25(16)36(27(38)33-24)20-9-6-10-31-26(20)41(3,39)40/h4-10,13,15H,1,11-12,14H2,2-3H3/t15-/m0/s1. The van der Waals surface area contributed by atoms with Crippen LogP contribution in [0.4, 0.5) is 19.0 Å². The molecule has 1 aliphatic heterocycles. The van der Waals surface area contributed by atoms with Gasteiger partial charge in [0.15, 0.2) is 26.3 Å². The van der Waals surface area contributed by atoms with Crippen LogP contribution in [-0.4, -0.2) is 70.7 Å². The van der Waals surface area contributed by atoms with E-state index in [1.165, 1.54) is 24.4 Å². The van der Waals surface area contributed by atoms with Crippen LogP contribution < -0.4 is 10.6 Å². The third-order valence-electron chi connectivity index (χ3n) is 6.73. The number of anilines is 1.